The van der Waals surface area contributed by atoms with Crippen molar-refractivity contribution in [2.45, 2.75) is 24.9 Å². The molecule has 2 aliphatic rings. The number of fused-ring (bicyclic) bond motifs is 1. The van der Waals surface area contributed by atoms with E-state index < -0.39 is 16.1 Å². The SMILES string of the molecule is CS(=O)(=O)Nc1ccccc1N1CCN(C[C@@H](Cc2ccc(Cl)cc2)NC(=O)C2N[CH]Cc3ccccc32)CC1. The number of nitrogens with zero attached hydrogens (tertiary/aromatic N) is 2. The van der Waals surface area contributed by atoms with E-state index in [0.717, 1.165) is 61.2 Å². The molecule has 3 aromatic rings. The van der Waals surface area contributed by atoms with Crippen molar-refractivity contribution in [3.63, 3.8) is 0 Å². The standard InChI is InChI=1S/C30H35ClN5O3S/c1-40(38,39)34-27-8-4-5-9-28(27)36-18-16-35(17-19-36)21-25(20-22-10-12-24(31)13-11-22)33-30(37)29-26-7-3-2-6-23(26)14-15-32-29/h2-13,15,25,29,32,34H,14,16-21H2,1H3,(H,33,37)/t25-,29?/m1/s1. The predicted molar refractivity (Wildman–Crippen MR) is 161 cm³/mol. The van der Waals surface area contributed by atoms with Crippen LogP contribution >= 0.6 is 11.6 Å². The lowest BCUT2D eigenvalue weighted by atomic mass is 9.93. The van der Waals surface area contributed by atoms with Gasteiger partial charge in [0.2, 0.25) is 15.9 Å². The van der Waals surface area contributed by atoms with E-state index in [1.54, 1.807) is 6.07 Å². The third kappa shape index (κ3) is 7.34. The van der Waals surface area contributed by atoms with Gasteiger partial charge in [0, 0.05) is 50.3 Å². The van der Waals surface area contributed by atoms with Crippen LogP contribution in [0, 0.1) is 6.54 Å². The number of para-hydroxylation sites is 2. The van der Waals surface area contributed by atoms with Gasteiger partial charge in [-0.05, 0) is 53.8 Å². The van der Waals surface area contributed by atoms with Crippen molar-refractivity contribution in [3.8, 4) is 0 Å². The maximum absolute atomic E-state index is 13.5. The van der Waals surface area contributed by atoms with E-state index in [1.165, 1.54) is 0 Å². The van der Waals surface area contributed by atoms with Crippen LogP contribution in [-0.2, 0) is 27.7 Å². The minimum absolute atomic E-state index is 0.0400. The normalized spacial score (nSPS) is 18.6. The zero-order valence-corrected chi connectivity index (χ0v) is 24.1. The molecule has 0 aliphatic carbocycles. The molecule has 3 N–H and O–H groups in total. The van der Waals surface area contributed by atoms with E-state index >= 15 is 0 Å². The Labute approximate surface area is 241 Å². The Morgan fingerprint density at radius 1 is 1.00 bits per heavy atom. The van der Waals surface area contributed by atoms with Gasteiger partial charge in [-0.2, -0.15) is 0 Å². The fourth-order valence-corrected chi connectivity index (χ4v) is 6.16. The molecule has 1 unspecified atom stereocenters. The molecular formula is C30H35ClN5O3S. The summed E-state index contributed by atoms with van der Waals surface area (Å²) in [6, 6.07) is 22.8. The van der Waals surface area contributed by atoms with Gasteiger partial charge >= 0.3 is 0 Å². The molecule has 2 aliphatic heterocycles. The molecule has 211 valence electrons. The molecule has 0 saturated carbocycles. The number of hydrogen-bond acceptors (Lipinski definition) is 6. The predicted octanol–water partition coefficient (Wildman–Crippen LogP) is 3.61. The van der Waals surface area contributed by atoms with E-state index in [2.05, 4.69) is 31.2 Å². The number of sulfonamides is 1. The first-order valence-electron chi connectivity index (χ1n) is 13.5. The third-order valence-corrected chi connectivity index (χ3v) is 8.21. The first kappa shape index (κ1) is 28.4. The van der Waals surface area contributed by atoms with Gasteiger partial charge in [-0.25, -0.2) is 8.42 Å². The average Bonchev–Trinajstić information content (AvgIpc) is 2.94. The second kappa shape index (κ2) is 12.6. The zero-order chi connectivity index (χ0) is 28.1. The van der Waals surface area contributed by atoms with Gasteiger partial charge in [0.1, 0.15) is 6.04 Å². The molecule has 5 rings (SSSR count). The summed E-state index contributed by atoms with van der Waals surface area (Å²) in [5, 5.41) is 7.29. The number of rotatable bonds is 9. The van der Waals surface area contributed by atoms with E-state index in [4.69, 9.17) is 11.6 Å². The molecule has 2 atom stereocenters. The molecule has 1 radical (unpaired) electrons. The Balaban J connectivity index is 1.27. The van der Waals surface area contributed by atoms with Gasteiger partial charge in [0.25, 0.3) is 0 Å². The topological polar surface area (TPSA) is 93.8 Å². The summed E-state index contributed by atoms with van der Waals surface area (Å²) in [7, 11) is -3.38. The number of piperazine rings is 1. The first-order valence-corrected chi connectivity index (χ1v) is 15.8. The Kier molecular flexibility index (Phi) is 8.95. The van der Waals surface area contributed by atoms with Gasteiger partial charge in [0.05, 0.1) is 17.6 Å². The summed E-state index contributed by atoms with van der Waals surface area (Å²) < 4.78 is 26.4. The second-order valence-electron chi connectivity index (χ2n) is 10.4. The monoisotopic (exact) mass is 580 g/mol. The summed E-state index contributed by atoms with van der Waals surface area (Å²) in [5.41, 5.74) is 4.75. The zero-order valence-electron chi connectivity index (χ0n) is 22.5. The highest BCUT2D eigenvalue weighted by Crippen LogP contribution is 2.28. The smallest absolute Gasteiger partial charge is 0.242 e. The maximum atomic E-state index is 13.5. The van der Waals surface area contributed by atoms with Crippen LogP contribution in [-0.4, -0.2) is 64.2 Å². The van der Waals surface area contributed by atoms with Crippen LogP contribution < -0.4 is 20.3 Å². The molecule has 1 amide bonds. The minimum atomic E-state index is -3.38. The molecule has 2 heterocycles. The van der Waals surface area contributed by atoms with Crippen molar-refractivity contribution in [3.05, 3.63) is 101 Å². The summed E-state index contributed by atoms with van der Waals surface area (Å²) in [6.45, 7) is 5.73. The van der Waals surface area contributed by atoms with Crippen LogP contribution in [0.25, 0.3) is 0 Å². The minimum Gasteiger partial charge on any atom is -0.367 e. The number of hydrogen-bond donors (Lipinski definition) is 3. The van der Waals surface area contributed by atoms with Crippen LogP contribution in [0.5, 0.6) is 0 Å². The number of carbonyl (C=O) groups excluding carboxylic acids is 1. The molecule has 1 saturated heterocycles. The quantitative estimate of drug-likeness (QED) is 0.358. The molecule has 0 spiro atoms. The Morgan fingerprint density at radius 2 is 1.70 bits per heavy atom. The van der Waals surface area contributed by atoms with Crippen LogP contribution in [0.15, 0.2) is 72.8 Å². The van der Waals surface area contributed by atoms with E-state index in [9.17, 15) is 13.2 Å². The molecule has 0 bridgehead atoms. The maximum Gasteiger partial charge on any atom is 0.242 e. The lowest BCUT2D eigenvalue weighted by molar-refractivity contribution is -0.124. The Morgan fingerprint density at radius 3 is 2.45 bits per heavy atom. The molecule has 40 heavy (non-hydrogen) atoms. The fraction of sp³-hybridized carbons (Fsp3) is 0.333. The number of carbonyl (C=O) groups is 1. The number of benzene rings is 3. The van der Waals surface area contributed by atoms with Crippen molar-refractivity contribution in [1.82, 2.24) is 15.5 Å². The number of halogens is 1. The van der Waals surface area contributed by atoms with Crippen molar-refractivity contribution in [2.24, 2.45) is 0 Å². The van der Waals surface area contributed by atoms with E-state index in [0.29, 0.717) is 23.7 Å². The molecule has 3 aromatic carbocycles. The molecular weight excluding hydrogens is 546 g/mol. The van der Waals surface area contributed by atoms with Crippen molar-refractivity contribution in [2.75, 3.05) is 48.6 Å². The summed E-state index contributed by atoms with van der Waals surface area (Å²) in [6.07, 6.45) is 2.64. The van der Waals surface area contributed by atoms with Crippen molar-refractivity contribution < 1.29 is 13.2 Å². The number of anilines is 2. The largest absolute Gasteiger partial charge is 0.367 e. The summed E-state index contributed by atoms with van der Waals surface area (Å²) in [4.78, 5) is 18.1. The van der Waals surface area contributed by atoms with Gasteiger partial charge in [-0.3, -0.25) is 19.7 Å². The fourth-order valence-electron chi connectivity index (χ4n) is 5.46. The highest BCUT2D eigenvalue weighted by atomic mass is 35.5. The van der Waals surface area contributed by atoms with E-state index in [1.807, 2.05) is 67.2 Å². The van der Waals surface area contributed by atoms with Gasteiger partial charge in [0.15, 0.2) is 0 Å². The average molecular weight is 581 g/mol. The van der Waals surface area contributed by atoms with E-state index in [-0.39, 0.29) is 11.9 Å². The van der Waals surface area contributed by atoms with Gasteiger partial charge < -0.3 is 10.2 Å². The molecule has 0 aromatic heterocycles. The Hall–Kier alpha value is -3.11. The van der Waals surface area contributed by atoms with Crippen LogP contribution in [0.1, 0.15) is 22.7 Å². The third-order valence-electron chi connectivity index (χ3n) is 7.37. The first-order chi connectivity index (χ1) is 19.2. The highest BCUT2D eigenvalue weighted by Gasteiger charge is 2.29. The molecule has 8 nitrogen and oxygen atoms in total. The lowest BCUT2D eigenvalue weighted by Crippen LogP contribution is -2.53. The van der Waals surface area contributed by atoms with Gasteiger partial charge in [-0.15, -0.1) is 0 Å². The lowest BCUT2D eigenvalue weighted by Gasteiger charge is -2.38. The molecule has 10 heteroatoms. The second-order valence-corrected chi connectivity index (χ2v) is 12.6. The van der Waals surface area contributed by atoms with Crippen molar-refractivity contribution in [1.29, 1.82) is 0 Å². The summed E-state index contributed by atoms with van der Waals surface area (Å²) in [5.74, 6) is -0.0400. The van der Waals surface area contributed by atoms with Crippen molar-refractivity contribution >= 4 is 38.9 Å². The van der Waals surface area contributed by atoms with Crippen LogP contribution in [0.3, 0.4) is 0 Å². The highest BCUT2D eigenvalue weighted by molar-refractivity contribution is 7.92. The Bertz CT molecular complexity index is 1430. The van der Waals surface area contributed by atoms with Gasteiger partial charge in [-0.1, -0.05) is 60.1 Å². The number of nitrogens with one attached hydrogen (secondary N) is 3. The molecule has 1 fully saturated rings. The van der Waals surface area contributed by atoms with Crippen LogP contribution in [0.2, 0.25) is 5.02 Å². The number of amides is 1. The summed E-state index contributed by atoms with van der Waals surface area (Å²) >= 11 is 6.12. The van der Waals surface area contributed by atoms with Crippen LogP contribution in [0.4, 0.5) is 11.4 Å².